The van der Waals surface area contributed by atoms with E-state index in [1.54, 1.807) is 13.2 Å². The third kappa shape index (κ3) is 6.28. The van der Waals surface area contributed by atoms with Crippen LogP contribution in [0.1, 0.15) is 25.0 Å². The van der Waals surface area contributed by atoms with E-state index in [1.165, 1.54) is 0 Å². The number of ether oxygens (including phenoxy) is 1. The first-order valence-electron chi connectivity index (χ1n) is 5.40. The minimum Gasteiger partial charge on any atom is -0.496 e. The molecule has 5 heteroatoms. The van der Waals surface area contributed by atoms with Crippen molar-refractivity contribution in [1.82, 2.24) is 0 Å². The molecule has 0 unspecified atom stereocenters. The maximum Gasteiger partial charge on any atom is 0.264 e. The molecule has 17 heavy (non-hydrogen) atoms. The van der Waals surface area contributed by atoms with E-state index in [4.69, 9.17) is 4.74 Å². The number of rotatable bonds is 4. The molecule has 0 heterocycles. The van der Waals surface area contributed by atoms with Crippen LogP contribution in [0.4, 0.5) is 0 Å². The van der Waals surface area contributed by atoms with Crippen LogP contribution >= 0.6 is 0 Å². The Morgan fingerprint density at radius 1 is 1.24 bits per heavy atom. The van der Waals surface area contributed by atoms with Crippen LogP contribution in [0.15, 0.2) is 18.2 Å². The highest BCUT2D eigenvalue weighted by molar-refractivity contribution is 7.85. The van der Waals surface area contributed by atoms with Gasteiger partial charge >= 0.3 is 0 Å². The summed E-state index contributed by atoms with van der Waals surface area (Å²) in [5.41, 5.74) is 1.77. The fourth-order valence-electron chi connectivity index (χ4n) is 1.13. The van der Waals surface area contributed by atoms with Gasteiger partial charge in [-0.1, -0.05) is 26.0 Å². The Morgan fingerprint density at radius 2 is 1.82 bits per heavy atom. The van der Waals surface area contributed by atoms with Gasteiger partial charge in [-0.2, -0.15) is 8.42 Å². The predicted molar refractivity (Wildman–Crippen MR) is 68.7 cm³/mol. The fraction of sp³-hybridized carbons (Fsp3) is 0.500. The second-order valence-electron chi connectivity index (χ2n) is 3.27. The Kier molecular flexibility index (Phi) is 6.83. The van der Waals surface area contributed by atoms with Gasteiger partial charge in [0.2, 0.25) is 0 Å². The molecule has 0 N–H and O–H groups in total. The summed E-state index contributed by atoms with van der Waals surface area (Å²) in [5, 5.41) is 0. The molecule has 0 spiro atoms. The highest BCUT2D eigenvalue weighted by Crippen LogP contribution is 2.19. The Bertz CT molecular complexity index is 438. The molecule has 98 valence electrons. The molecule has 0 bridgehead atoms. The Balaban J connectivity index is 0.00000121. The summed E-state index contributed by atoms with van der Waals surface area (Å²) in [6.07, 6.45) is 1.03. The van der Waals surface area contributed by atoms with Gasteiger partial charge in [0.05, 0.1) is 20.0 Å². The van der Waals surface area contributed by atoms with Crippen LogP contribution in [0.2, 0.25) is 0 Å². The van der Waals surface area contributed by atoms with Crippen molar-refractivity contribution in [3.05, 3.63) is 29.3 Å². The maximum atomic E-state index is 10.8. The largest absolute Gasteiger partial charge is 0.496 e. The number of methoxy groups -OCH3 is 1. The van der Waals surface area contributed by atoms with Gasteiger partial charge in [-0.05, 0) is 24.1 Å². The number of benzene rings is 1. The van der Waals surface area contributed by atoms with Crippen molar-refractivity contribution in [2.75, 3.05) is 13.4 Å². The highest BCUT2D eigenvalue weighted by atomic mass is 32.2. The SMILES string of the molecule is CC.COc1cc(COS(C)(=O)=O)ccc1C. The summed E-state index contributed by atoms with van der Waals surface area (Å²) >= 11 is 0. The van der Waals surface area contributed by atoms with Crippen molar-refractivity contribution in [3.63, 3.8) is 0 Å². The summed E-state index contributed by atoms with van der Waals surface area (Å²) in [5.74, 6) is 0.726. The van der Waals surface area contributed by atoms with Crippen molar-refractivity contribution >= 4 is 10.1 Å². The molecular weight excluding hydrogens is 240 g/mol. The van der Waals surface area contributed by atoms with Crippen LogP contribution in [-0.4, -0.2) is 21.8 Å². The van der Waals surface area contributed by atoms with Gasteiger partial charge in [-0.3, -0.25) is 4.18 Å². The van der Waals surface area contributed by atoms with Crippen molar-refractivity contribution in [3.8, 4) is 5.75 Å². The molecule has 0 atom stereocenters. The summed E-state index contributed by atoms with van der Waals surface area (Å²) in [4.78, 5) is 0. The zero-order valence-corrected chi connectivity index (χ0v) is 11.8. The summed E-state index contributed by atoms with van der Waals surface area (Å²) in [7, 11) is -1.82. The first-order chi connectivity index (χ1) is 7.92. The van der Waals surface area contributed by atoms with Crippen molar-refractivity contribution < 1.29 is 17.3 Å². The number of hydrogen-bond donors (Lipinski definition) is 0. The topological polar surface area (TPSA) is 52.6 Å². The molecule has 4 nitrogen and oxygen atoms in total. The minimum atomic E-state index is -3.39. The van der Waals surface area contributed by atoms with Gasteiger partial charge in [0.25, 0.3) is 10.1 Å². The van der Waals surface area contributed by atoms with E-state index in [9.17, 15) is 8.42 Å². The van der Waals surface area contributed by atoms with Gasteiger partial charge < -0.3 is 4.74 Å². The molecule has 0 saturated heterocycles. The van der Waals surface area contributed by atoms with Gasteiger partial charge in [0, 0.05) is 0 Å². The lowest BCUT2D eigenvalue weighted by Crippen LogP contribution is -2.02. The number of aryl methyl sites for hydroxylation is 1. The smallest absolute Gasteiger partial charge is 0.264 e. The lowest BCUT2D eigenvalue weighted by molar-refractivity contribution is 0.310. The monoisotopic (exact) mass is 260 g/mol. The van der Waals surface area contributed by atoms with E-state index in [1.807, 2.05) is 32.9 Å². The summed E-state index contributed by atoms with van der Waals surface area (Å²) in [6, 6.07) is 5.43. The van der Waals surface area contributed by atoms with Crippen molar-refractivity contribution in [2.45, 2.75) is 27.4 Å². The standard InChI is InChI=1S/C10H14O4S.C2H6/c1-8-4-5-9(6-10(8)13-2)7-14-15(3,11)12;1-2/h4-6H,7H2,1-3H3;1-2H3. The molecule has 1 aromatic carbocycles. The average Bonchev–Trinajstić information content (AvgIpc) is 2.29. The first-order valence-corrected chi connectivity index (χ1v) is 7.22. The van der Waals surface area contributed by atoms with E-state index < -0.39 is 10.1 Å². The van der Waals surface area contributed by atoms with Crippen LogP contribution in [0.25, 0.3) is 0 Å². The van der Waals surface area contributed by atoms with Gasteiger partial charge in [-0.15, -0.1) is 0 Å². The second kappa shape index (κ2) is 7.29. The molecule has 0 radical (unpaired) electrons. The van der Waals surface area contributed by atoms with Crippen LogP contribution in [-0.2, 0) is 20.9 Å². The summed E-state index contributed by atoms with van der Waals surface area (Å²) in [6.45, 7) is 5.95. The van der Waals surface area contributed by atoms with Gasteiger partial charge in [0.15, 0.2) is 0 Å². The Labute approximate surface area is 104 Å². The zero-order valence-electron chi connectivity index (χ0n) is 11.0. The molecule has 0 fully saturated rings. The summed E-state index contributed by atoms with van der Waals surface area (Å²) < 4.78 is 31.3. The van der Waals surface area contributed by atoms with Crippen molar-refractivity contribution in [2.24, 2.45) is 0 Å². The predicted octanol–water partition coefficient (Wildman–Crippen LogP) is 2.51. The quantitative estimate of drug-likeness (QED) is 0.781. The lowest BCUT2D eigenvalue weighted by atomic mass is 10.1. The minimum absolute atomic E-state index is 0.0372. The number of hydrogen-bond acceptors (Lipinski definition) is 4. The third-order valence-electron chi connectivity index (χ3n) is 1.91. The molecule has 0 amide bonds. The molecule has 0 aliphatic heterocycles. The second-order valence-corrected chi connectivity index (χ2v) is 4.91. The lowest BCUT2D eigenvalue weighted by Gasteiger charge is -2.07. The van der Waals surface area contributed by atoms with Crippen molar-refractivity contribution in [1.29, 1.82) is 0 Å². The van der Waals surface area contributed by atoms with E-state index >= 15 is 0 Å². The van der Waals surface area contributed by atoms with Gasteiger partial charge in [-0.25, -0.2) is 0 Å². The molecule has 0 saturated carbocycles. The molecule has 1 rings (SSSR count). The van der Waals surface area contributed by atoms with Gasteiger partial charge in [0.1, 0.15) is 5.75 Å². The van der Waals surface area contributed by atoms with Crippen LogP contribution in [0, 0.1) is 6.92 Å². The third-order valence-corrected chi connectivity index (χ3v) is 2.46. The molecule has 1 aromatic rings. The molecular formula is C12H20O4S. The average molecular weight is 260 g/mol. The van der Waals surface area contributed by atoms with E-state index in [2.05, 4.69) is 4.18 Å². The van der Waals surface area contributed by atoms with E-state index in [0.717, 1.165) is 23.1 Å². The Morgan fingerprint density at radius 3 is 2.29 bits per heavy atom. The normalized spacial score (nSPS) is 10.4. The maximum absolute atomic E-state index is 10.8. The molecule has 0 aliphatic rings. The zero-order chi connectivity index (χ0) is 13.5. The van der Waals surface area contributed by atoms with Crippen LogP contribution in [0.5, 0.6) is 5.75 Å². The van der Waals surface area contributed by atoms with Crippen LogP contribution < -0.4 is 4.74 Å². The Hall–Kier alpha value is -1.07. The molecule has 0 aliphatic carbocycles. The fourth-order valence-corrected chi connectivity index (χ4v) is 1.48. The highest BCUT2D eigenvalue weighted by Gasteiger charge is 2.04. The van der Waals surface area contributed by atoms with E-state index in [-0.39, 0.29) is 6.61 Å². The molecule has 0 aromatic heterocycles. The van der Waals surface area contributed by atoms with E-state index in [0.29, 0.717) is 0 Å². The first kappa shape index (κ1) is 15.9. The van der Waals surface area contributed by atoms with Crippen LogP contribution in [0.3, 0.4) is 0 Å².